The van der Waals surface area contributed by atoms with Crippen LogP contribution in [0.25, 0.3) is 84.5 Å². The van der Waals surface area contributed by atoms with Crippen molar-refractivity contribution >= 4 is 85.0 Å². The Morgan fingerprint density at radius 3 is 2.15 bits per heavy atom. The molecule has 0 spiro atoms. The minimum atomic E-state index is 0.292. The Balaban J connectivity index is 1.03. The van der Waals surface area contributed by atoms with Crippen molar-refractivity contribution in [2.75, 3.05) is 0 Å². The molecule has 1 nitrogen and oxygen atoms in total. The Bertz CT molecular complexity index is 2900. The summed E-state index contributed by atoms with van der Waals surface area (Å²) < 4.78 is 11.7. The Morgan fingerprint density at radius 2 is 1.19 bits per heavy atom. The van der Waals surface area contributed by atoms with E-state index in [9.17, 15) is 0 Å². The molecule has 0 unspecified atom stereocenters. The molecular weight excluding hydrogens is 609 g/mol. The van der Waals surface area contributed by atoms with E-state index in [-0.39, 0.29) is 0 Å². The van der Waals surface area contributed by atoms with Crippen LogP contribution in [0.2, 0.25) is 0 Å². The zero-order valence-corrected chi connectivity index (χ0v) is 26.9. The van der Waals surface area contributed by atoms with Crippen molar-refractivity contribution in [2.45, 2.75) is 12.3 Å². The molecule has 220 valence electrons. The number of hydrogen-bond acceptors (Lipinski definition) is 3. The highest BCUT2D eigenvalue weighted by molar-refractivity contribution is 7.26. The van der Waals surface area contributed by atoms with Crippen LogP contribution in [0.1, 0.15) is 22.6 Å². The van der Waals surface area contributed by atoms with Gasteiger partial charge in [-0.1, -0.05) is 91.0 Å². The third-order valence-electron chi connectivity index (χ3n) is 10.3. The van der Waals surface area contributed by atoms with Gasteiger partial charge in [0.15, 0.2) is 0 Å². The van der Waals surface area contributed by atoms with E-state index in [2.05, 4.69) is 140 Å². The second kappa shape index (κ2) is 9.65. The Kier molecular flexibility index (Phi) is 5.32. The van der Waals surface area contributed by atoms with Crippen molar-refractivity contribution in [1.29, 1.82) is 0 Å². The van der Waals surface area contributed by atoms with Gasteiger partial charge in [-0.15, -0.1) is 22.7 Å². The molecule has 11 rings (SSSR count). The van der Waals surface area contributed by atoms with Crippen molar-refractivity contribution in [3.63, 3.8) is 0 Å². The monoisotopic (exact) mass is 634 g/mol. The lowest BCUT2D eigenvalue weighted by atomic mass is 9.74. The van der Waals surface area contributed by atoms with Gasteiger partial charge in [0.1, 0.15) is 11.2 Å². The fourth-order valence-corrected chi connectivity index (χ4v) is 10.3. The van der Waals surface area contributed by atoms with Crippen LogP contribution in [0.5, 0.6) is 0 Å². The summed E-state index contributed by atoms with van der Waals surface area (Å²) in [6, 6.07) is 51.8. The van der Waals surface area contributed by atoms with E-state index in [4.69, 9.17) is 4.42 Å². The first-order chi connectivity index (χ1) is 23.3. The molecule has 3 heteroatoms. The summed E-state index contributed by atoms with van der Waals surface area (Å²) in [5.74, 6) is 0.292. The van der Waals surface area contributed by atoms with Gasteiger partial charge in [-0.25, -0.2) is 0 Å². The summed E-state index contributed by atoms with van der Waals surface area (Å²) in [4.78, 5) is 0. The fraction of sp³-hybridized carbons (Fsp3) is 0.0455. The van der Waals surface area contributed by atoms with Crippen LogP contribution in [-0.2, 0) is 6.42 Å². The maximum absolute atomic E-state index is 6.30. The van der Waals surface area contributed by atoms with E-state index in [0.717, 1.165) is 17.6 Å². The first kappa shape index (κ1) is 25.9. The quantitative estimate of drug-likeness (QED) is 0.184. The molecule has 0 amide bonds. The molecule has 47 heavy (non-hydrogen) atoms. The van der Waals surface area contributed by atoms with Gasteiger partial charge >= 0.3 is 0 Å². The smallest absolute Gasteiger partial charge is 0.136 e. The van der Waals surface area contributed by atoms with Gasteiger partial charge < -0.3 is 4.42 Å². The van der Waals surface area contributed by atoms with E-state index < -0.39 is 0 Å². The summed E-state index contributed by atoms with van der Waals surface area (Å²) in [7, 11) is 0. The Morgan fingerprint density at radius 1 is 0.489 bits per heavy atom. The van der Waals surface area contributed by atoms with Crippen molar-refractivity contribution in [3.05, 3.63) is 156 Å². The highest BCUT2D eigenvalue weighted by Gasteiger charge is 2.29. The number of fused-ring (bicyclic) bond motifs is 13. The van der Waals surface area contributed by atoms with Crippen LogP contribution in [0.4, 0.5) is 0 Å². The molecule has 0 N–H and O–H groups in total. The zero-order chi connectivity index (χ0) is 30.6. The van der Waals surface area contributed by atoms with Crippen molar-refractivity contribution in [1.82, 2.24) is 0 Å². The molecule has 0 saturated carbocycles. The first-order valence-electron chi connectivity index (χ1n) is 16.2. The first-order valence-corrected chi connectivity index (χ1v) is 17.8. The maximum atomic E-state index is 6.30. The van der Waals surface area contributed by atoms with Crippen LogP contribution in [0.3, 0.4) is 0 Å². The largest absolute Gasteiger partial charge is 0.456 e. The summed E-state index contributed by atoms with van der Waals surface area (Å²) in [6.07, 6.45) is 0.971. The predicted molar refractivity (Wildman–Crippen MR) is 202 cm³/mol. The average Bonchev–Trinajstić information content (AvgIpc) is 3.81. The van der Waals surface area contributed by atoms with E-state index >= 15 is 0 Å². The summed E-state index contributed by atoms with van der Waals surface area (Å²) in [5.41, 5.74) is 11.3. The van der Waals surface area contributed by atoms with Crippen LogP contribution >= 0.6 is 22.7 Å². The minimum Gasteiger partial charge on any atom is -0.456 e. The van der Waals surface area contributed by atoms with Crippen molar-refractivity contribution in [3.8, 4) is 22.3 Å². The number of benzene rings is 7. The standard InChI is InChI=1S/C44H26OS2/c1-2-9-32-29(7-1)34(23-28-14-18-38-44(43(28)32)33-10-3-5-11-37(33)45-38)27-16-20-41-36(22-27)31-17-13-26(24-42(31)47-41)25-15-19-40-35(21-25)30-8-4-6-12-39(30)46-40/h1-22,24,34H,23H2/t34-/m1/s1. The molecule has 0 saturated heterocycles. The zero-order valence-electron chi connectivity index (χ0n) is 25.3. The highest BCUT2D eigenvalue weighted by atomic mass is 32.1. The van der Waals surface area contributed by atoms with E-state index in [1.165, 1.54) is 90.1 Å². The molecule has 7 aromatic carbocycles. The molecule has 3 aromatic heterocycles. The summed E-state index contributed by atoms with van der Waals surface area (Å²) >= 11 is 3.78. The maximum Gasteiger partial charge on any atom is 0.136 e. The van der Waals surface area contributed by atoms with Crippen LogP contribution in [0.15, 0.2) is 144 Å². The second-order valence-electron chi connectivity index (χ2n) is 12.8. The summed E-state index contributed by atoms with van der Waals surface area (Å²) in [5, 5.41) is 7.83. The van der Waals surface area contributed by atoms with Gasteiger partial charge in [0, 0.05) is 57.0 Å². The van der Waals surface area contributed by atoms with Crippen LogP contribution < -0.4 is 0 Å². The molecule has 0 fully saturated rings. The lowest BCUT2D eigenvalue weighted by Gasteiger charge is -2.29. The van der Waals surface area contributed by atoms with E-state index in [1.807, 2.05) is 22.7 Å². The Labute approximate surface area is 278 Å². The third-order valence-corrected chi connectivity index (χ3v) is 12.6. The minimum absolute atomic E-state index is 0.292. The number of furan rings is 1. The van der Waals surface area contributed by atoms with Gasteiger partial charge in [-0.05, 0) is 93.9 Å². The van der Waals surface area contributed by atoms with Crippen LogP contribution in [0, 0.1) is 0 Å². The molecule has 1 atom stereocenters. The molecule has 0 radical (unpaired) electrons. The van der Waals surface area contributed by atoms with Crippen molar-refractivity contribution < 1.29 is 4.42 Å². The lowest BCUT2D eigenvalue weighted by molar-refractivity contribution is 0.668. The second-order valence-corrected chi connectivity index (χ2v) is 15.0. The highest BCUT2D eigenvalue weighted by Crippen LogP contribution is 2.49. The normalized spacial score (nSPS) is 14.5. The van der Waals surface area contributed by atoms with Crippen LogP contribution in [-0.4, -0.2) is 0 Å². The number of rotatable bonds is 2. The van der Waals surface area contributed by atoms with Gasteiger partial charge in [-0.2, -0.15) is 0 Å². The summed E-state index contributed by atoms with van der Waals surface area (Å²) in [6.45, 7) is 0. The number of para-hydroxylation sites is 1. The molecule has 3 heterocycles. The topological polar surface area (TPSA) is 13.1 Å². The van der Waals surface area contributed by atoms with Crippen molar-refractivity contribution in [2.24, 2.45) is 0 Å². The molecular formula is C44H26OS2. The molecule has 0 bridgehead atoms. The molecule has 1 aliphatic carbocycles. The SMILES string of the molecule is c1ccc2c(c1)-c1c(ccc3oc4ccccc4c13)C[C@@H]2c1ccc2sc3cc(-c4ccc5sc6ccccc6c5c4)ccc3c2c1. The van der Waals surface area contributed by atoms with Gasteiger partial charge in [0.25, 0.3) is 0 Å². The average molecular weight is 635 g/mol. The van der Waals surface area contributed by atoms with E-state index in [0.29, 0.717) is 5.92 Å². The Hall–Kier alpha value is -5.22. The van der Waals surface area contributed by atoms with Gasteiger partial charge in [-0.3, -0.25) is 0 Å². The number of hydrogen-bond donors (Lipinski definition) is 0. The van der Waals surface area contributed by atoms with Gasteiger partial charge in [0.05, 0.1) is 0 Å². The number of thiophene rings is 2. The molecule has 10 aromatic rings. The molecule has 1 aliphatic rings. The predicted octanol–water partition coefficient (Wildman–Crippen LogP) is 13.3. The third kappa shape index (κ3) is 3.76. The molecule has 0 aliphatic heterocycles. The lowest BCUT2D eigenvalue weighted by Crippen LogP contribution is -2.12. The van der Waals surface area contributed by atoms with Gasteiger partial charge in [0.2, 0.25) is 0 Å². The van der Waals surface area contributed by atoms with E-state index in [1.54, 1.807) is 0 Å². The fourth-order valence-electron chi connectivity index (χ4n) is 8.09.